The summed E-state index contributed by atoms with van der Waals surface area (Å²) in [6.45, 7) is 7.97. The molecule has 11 atom stereocenters. The maximum atomic E-state index is 15.5. The molecule has 1 heterocycles. The van der Waals surface area contributed by atoms with Crippen LogP contribution in [0, 0.1) is 16.7 Å². The number of amides is 1. The fraction of sp³-hybridized carbons (Fsp3) is 0.447. The van der Waals surface area contributed by atoms with Crippen molar-refractivity contribution < 1.29 is 67.8 Å². The molecule has 0 aromatic heterocycles. The minimum Gasteiger partial charge on any atom is -0.456 e. The van der Waals surface area contributed by atoms with Crippen molar-refractivity contribution >= 4 is 35.6 Å². The number of carbonyl (C=O) groups excluding carboxylic acids is 6. The monoisotopic (exact) mass is 853 g/mol. The summed E-state index contributed by atoms with van der Waals surface area (Å²) >= 11 is 0. The van der Waals surface area contributed by atoms with Crippen molar-refractivity contribution in [2.75, 3.05) is 6.61 Å². The lowest BCUT2D eigenvalue weighted by Gasteiger charge is -2.67. The number of aliphatic hydroxyl groups is 3. The van der Waals surface area contributed by atoms with Gasteiger partial charge in [-0.15, -0.1) is 0 Å². The summed E-state index contributed by atoms with van der Waals surface area (Å²) in [4.78, 5) is 83.5. The SMILES string of the molecule is CC(=O)O[C@H]1C(=O)[C@]2(C)[C@@H](O)CC3OC[C@@]3(OC(C)=O)[C@H]2[C@H](OC(=O)c2ccccc2)[C@]2(O)CC(OC(=O)[C@H](O)[C@@H](NC(=O)c3ccccc3)c3ccccc3)C(C)=C1C2(C)C. The van der Waals surface area contributed by atoms with Crippen LogP contribution in [0.2, 0.25) is 0 Å². The van der Waals surface area contributed by atoms with Crippen LogP contribution in [0.15, 0.2) is 102 Å². The minimum absolute atomic E-state index is 0.00289. The smallest absolute Gasteiger partial charge is 0.338 e. The summed E-state index contributed by atoms with van der Waals surface area (Å²) in [5.41, 5.74) is -7.02. The Balaban J connectivity index is 1.39. The summed E-state index contributed by atoms with van der Waals surface area (Å²) in [7, 11) is 0. The van der Waals surface area contributed by atoms with Crippen LogP contribution >= 0.6 is 0 Å². The number of fused-ring (bicyclic) bond motifs is 5. The van der Waals surface area contributed by atoms with Crippen LogP contribution in [0.3, 0.4) is 0 Å². The molecule has 3 aromatic rings. The fourth-order valence-corrected chi connectivity index (χ4v) is 10.2. The zero-order valence-electron chi connectivity index (χ0n) is 35.2. The summed E-state index contributed by atoms with van der Waals surface area (Å²) < 4.78 is 30.3. The summed E-state index contributed by atoms with van der Waals surface area (Å²) in [6.07, 6.45) is -10.5. The summed E-state index contributed by atoms with van der Waals surface area (Å²) in [5, 5.41) is 40.2. The number of Topliss-reactive ketones (excluding diaryl/α,β-unsaturated/α-hetero) is 1. The molecular formula is C47H51NO14. The number of nitrogens with one attached hydrogen (secondary N) is 1. The van der Waals surface area contributed by atoms with Crippen LogP contribution in [0.25, 0.3) is 0 Å². The Bertz CT molecular complexity index is 2280. The molecule has 2 saturated carbocycles. The second-order valence-electron chi connectivity index (χ2n) is 17.4. The lowest BCUT2D eigenvalue weighted by Crippen LogP contribution is -2.82. The standard InChI is InChI=1S/C47H51NO14/c1-25-31(60-43(56)36(52)35(28-16-10-7-11-17-28)48-41(54)29-18-12-8-13-19-29)23-47(57)40(61-42(55)30-20-14-9-15-21-30)38-45(6,32(51)22-33-46(38,24-58-33)62-27(3)50)39(53)37(59-26(2)49)34(25)44(47,4)5/h7-21,31-33,35-38,40,51-52,57H,22-24H2,1-6H3,(H,48,54)/t31?,32-,33?,35-,36+,37+,38-,40-,45+,46-,47+/m0/s1. The Kier molecular flexibility index (Phi) is 11.8. The van der Waals surface area contributed by atoms with Crippen LogP contribution in [0.4, 0.5) is 0 Å². The van der Waals surface area contributed by atoms with Crippen molar-refractivity contribution in [1.82, 2.24) is 5.32 Å². The maximum absolute atomic E-state index is 15.5. The van der Waals surface area contributed by atoms with Crippen LogP contribution in [0.5, 0.6) is 0 Å². The first-order valence-corrected chi connectivity index (χ1v) is 20.5. The molecule has 3 fully saturated rings. The van der Waals surface area contributed by atoms with E-state index in [1.54, 1.807) is 92.7 Å². The second kappa shape index (κ2) is 16.5. The first-order chi connectivity index (χ1) is 29.3. The highest BCUT2D eigenvalue weighted by Gasteiger charge is 2.78. The van der Waals surface area contributed by atoms with E-state index in [9.17, 15) is 39.3 Å². The van der Waals surface area contributed by atoms with Gasteiger partial charge in [0.15, 0.2) is 23.6 Å². The zero-order chi connectivity index (χ0) is 44.9. The van der Waals surface area contributed by atoms with Gasteiger partial charge in [-0.05, 0) is 54.8 Å². The van der Waals surface area contributed by atoms with E-state index in [1.807, 2.05) is 0 Å². The second-order valence-corrected chi connectivity index (χ2v) is 17.4. The van der Waals surface area contributed by atoms with Crippen molar-refractivity contribution in [3.8, 4) is 0 Å². The predicted molar refractivity (Wildman–Crippen MR) is 218 cm³/mol. The molecule has 1 amide bonds. The van der Waals surface area contributed by atoms with Gasteiger partial charge in [-0.25, -0.2) is 9.59 Å². The van der Waals surface area contributed by atoms with Gasteiger partial charge in [0.1, 0.15) is 23.9 Å². The molecule has 0 radical (unpaired) electrons. The molecule has 4 N–H and O–H groups in total. The summed E-state index contributed by atoms with van der Waals surface area (Å²) in [6, 6.07) is 22.9. The molecule has 2 bridgehead atoms. The van der Waals surface area contributed by atoms with E-state index in [4.69, 9.17) is 23.7 Å². The molecule has 4 aliphatic rings. The van der Waals surface area contributed by atoms with Crippen LogP contribution < -0.4 is 5.32 Å². The Morgan fingerprint density at radius 3 is 1.95 bits per heavy atom. The van der Waals surface area contributed by atoms with Gasteiger partial charge < -0.3 is 44.3 Å². The maximum Gasteiger partial charge on any atom is 0.338 e. The highest BCUT2D eigenvalue weighted by atomic mass is 16.6. The Morgan fingerprint density at radius 2 is 1.40 bits per heavy atom. The van der Waals surface area contributed by atoms with Gasteiger partial charge in [0, 0.05) is 37.7 Å². The third-order valence-corrected chi connectivity index (χ3v) is 13.5. The Labute approximate surface area is 358 Å². The number of aliphatic hydroxyl groups excluding tert-OH is 2. The van der Waals surface area contributed by atoms with Gasteiger partial charge in [-0.1, -0.05) is 80.6 Å². The van der Waals surface area contributed by atoms with E-state index >= 15 is 4.79 Å². The summed E-state index contributed by atoms with van der Waals surface area (Å²) in [5.74, 6) is -6.84. The Hall–Kier alpha value is -5.74. The van der Waals surface area contributed by atoms with E-state index in [2.05, 4.69) is 5.32 Å². The zero-order valence-corrected chi connectivity index (χ0v) is 35.2. The van der Waals surface area contributed by atoms with Gasteiger partial charge in [-0.2, -0.15) is 0 Å². The molecule has 7 rings (SSSR count). The highest BCUT2D eigenvalue weighted by molar-refractivity contribution is 5.96. The molecule has 15 nitrogen and oxygen atoms in total. The lowest BCUT2D eigenvalue weighted by atomic mass is 9.44. The van der Waals surface area contributed by atoms with Crippen molar-refractivity contribution in [3.63, 3.8) is 0 Å². The molecule has 0 spiro atoms. The number of ketones is 1. The molecule has 1 saturated heterocycles. The number of carbonyl (C=O) groups is 6. The average Bonchev–Trinajstić information content (AvgIpc) is 3.24. The van der Waals surface area contributed by atoms with Gasteiger partial charge in [-0.3, -0.25) is 19.2 Å². The van der Waals surface area contributed by atoms with Gasteiger partial charge >= 0.3 is 23.9 Å². The molecular weight excluding hydrogens is 803 g/mol. The third kappa shape index (κ3) is 7.29. The first-order valence-electron chi connectivity index (χ1n) is 20.5. The molecule has 1 aliphatic heterocycles. The van der Waals surface area contributed by atoms with Crippen molar-refractivity contribution in [1.29, 1.82) is 0 Å². The Morgan fingerprint density at radius 1 is 0.823 bits per heavy atom. The quantitative estimate of drug-likeness (QED) is 0.130. The van der Waals surface area contributed by atoms with Crippen molar-refractivity contribution in [3.05, 3.63) is 119 Å². The molecule has 62 heavy (non-hydrogen) atoms. The number of esters is 4. The van der Waals surface area contributed by atoms with Gasteiger partial charge in [0.05, 0.1) is 35.6 Å². The van der Waals surface area contributed by atoms with Crippen molar-refractivity contribution in [2.45, 2.75) is 108 Å². The van der Waals surface area contributed by atoms with Crippen LogP contribution in [0.1, 0.15) is 86.7 Å². The molecule has 3 aliphatic carbocycles. The number of hydrogen-bond donors (Lipinski definition) is 4. The van der Waals surface area contributed by atoms with E-state index in [0.29, 0.717) is 5.56 Å². The number of ether oxygens (including phenoxy) is 5. The van der Waals surface area contributed by atoms with E-state index in [0.717, 1.165) is 13.8 Å². The fourth-order valence-electron chi connectivity index (χ4n) is 10.2. The minimum atomic E-state index is -2.39. The molecule has 2 unspecified atom stereocenters. The largest absolute Gasteiger partial charge is 0.456 e. The average molecular weight is 854 g/mol. The number of benzene rings is 3. The lowest BCUT2D eigenvalue weighted by molar-refractivity contribution is -0.346. The molecule has 3 aromatic carbocycles. The molecule has 328 valence electrons. The number of rotatable bonds is 10. The van der Waals surface area contributed by atoms with E-state index in [1.165, 1.54) is 26.0 Å². The first kappa shape index (κ1) is 44.3. The highest BCUT2D eigenvalue weighted by Crippen LogP contribution is 2.64. The number of hydrogen-bond acceptors (Lipinski definition) is 14. The predicted octanol–water partition coefficient (Wildman–Crippen LogP) is 3.74. The van der Waals surface area contributed by atoms with Crippen LogP contribution in [-0.4, -0.2) is 105 Å². The van der Waals surface area contributed by atoms with E-state index < -0.39 is 113 Å². The topological polar surface area (TPSA) is 221 Å². The van der Waals surface area contributed by atoms with Gasteiger partial charge in [0.2, 0.25) is 0 Å². The van der Waals surface area contributed by atoms with Crippen molar-refractivity contribution in [2.24, 2.45) is 16.7 Å². The molecule has 15 heteroatoms. The normalized spacial score (nSPS) is 31.9. The van der Waals surface area contributed by atoms with Crippen LogP contribution in [-0.2, 0) is 42.9 Å². The van der Waals surface area contributed by atoms with E-state index in [-0.39, 0.29) is 35.3 Å². The third-order valence-electron chi connectivity index (χ3n) is 13.5. The van der Waals surface area contributed by atoms with Gasteiger partial charge in [0.25, 0.3) is 5.91 Å².